The van der Waals surface area contributed by atoms with Crippen LogP contribution in [0.15, 0.2) is 46.3 Å². The molecule has 0 aliphatic carbocycles. The molecule has 4 heteroatoms. The summed E-state index contributed by atoms with van der Waals surface area (Å²) in [6, 6.07) is 13.4. The van der Waals surface area contributed by atoms with Crippen LogP contribution in [-0.2, 0) is 6.54 Å². The zero-order valence-electron chi connectivity index (χ0n) is 18.5. The van der Waals surface area contributed by atoms with E-state index in [-0.39, 0.29) is 24.0 Å². The lowest BCUT2D eigenvalue weighted by atomic mass is 9.98. The number of unbranched alkanes of at least 4 members (excludes halogenated alkanes) is 1. The second kappa shape index (κ2) is 11.4. The van der Waals surface area contributed by atoms with Crippen LogP contribution in [0.4, 0.5) is 5.69 Å². The summed E-state index contributed by atoms with van der Waals surface area (Å²) in [6.45, 7) is 13.5. The predicted molar refractivity (Wildman–Crippen MR) is 123 cm³/mol. The monoisotopic (exact) mass is 522 g/mol. The highest BCUT2D eigenvalue weighted by Gasteiger charge is 2.24. The van der Waals surface area contributed by atoms with Crippen molar-refractivity contribution in [2.75, 3.05) is 11.4 Å². The quantitative estimate of drug-likeness (QED) is 0.385. The summed E-state index contributed by atoms with van der Waals surface area (Å²) in [5.41, 5.74) is 5.37. The van der Waals surface area contributed by atoms with Crippen LogP contribution in [0.2, 0.25) is 0 Å². The van der Waals surface area contributed by atoms with Gasteiger partial charge in [0.25, 0.3) is 0 Å². The zero-order valence-corrected chi connectivity index (χ0v) is 21.5. The van der Waals surface area contributed by atoms with Crippen LogP contribution in [0.1, 0.15) is 63.4 Å². The molecule has 1 aliphatic rings. The first-order chi connectivity index (χ1) is 13.6. The van der Waals surface area contributed by atoms with E-state index in [9.17, 15) is 0 Å². The molecule has 2 nitrogen and oxygen atoms in total. The zero-order chi connectivity index (χ0) is 20.1. The van der Waals surface area contributed by atoms with Gasteiger partial charge >= 0.3 is 0 Å². The van der Waals surface area contributed by atoms with Crippen molar-refractivity contribution < 1.29 is 28.5 Å². The number of aryl methyl sites for hydroxylation is 2. The third-order valence-corrected chi connectivity index (χ3v) is 6.94. The van der Waals surface area contributed by atoms with Crippen LogP contribution in [0.3, 0.4) is 0 Å². The summed E-state index contributed by atoms with van der Waals surface area (Å²) >= 11 is 1.88. The average molecular weight is 523 g/mol. The molecule has 0 bridgehead atoms. The van der Waals surface area contributed by atoms with E-state index in [0.717, 1.165) is 19.0 Å². The molecule has 1 aromatic heterocycles. The number of fused-ring (bicyclic) bond motifs is 1. The molecule has 0 saturated carbocycles. The van der Waals surface area contributed by atoms with Gasteiger partial charge in [0, 0.05) is 43.3 Å². The number of para-hydroxylation sites is 1. The molecule has 3 rings (SSSR count). The third kappa shape index (κ3) is 5.78. The van der Waals surface area contributed by atoms with Crippen molar-refractivity contribution in [3.8, 4) is 0 Å². The Morgan fingerprint density at radius 2 is 1.76 bits per heavy atom. The maximum Gasteiger partial charge on any atom is 0.179 e. The van der Waals surface area contributed by atoms with E-state index in [0.29, 0.717) is 0 Å². The second-order valence-corrected chi connectivity index (χ2v) is 8.96. The maximum absolute atomic E-state index is 2.51. The molecule has 2 aromatic rings. The Balaban J connectivity index is 0.00000300. The third-order valence-electron chi connectivity index (χ3n) is 5.83. The van der Waals surface area contributed by atoms with Crippen molar-refractivity contribution in [1.82, 2.24) is 0 Å². The maximum atomic E-state index is 2.51. The Bertz CT molecular complexity index is 823. The minimum atomic E-state index is 0. The van der Waals surface area contributed by atoms with E-state index >= 15 is 0 Å². The van der Waals surface area contributed by atoms with Gasteiger partial charge in [-0.05, 0) is 43.5 Å². The van der Waals surface area contributed by atoms with E-state index in [2.05, 4.69) is 86.6 Å². The highest BCUT2D eigenvalue weighted by atomic mass is 127. The van der Waals surface area contributed by atoms with Crippen LogP contribution < -0.4 is 33.4 Å². The van der Waals surface area contributed by atoms with E-state index in [1.165, 1.54) is 58.2 Å². The van der Waals surface area contributed by atoms with Crippen molar-refractivity contribution in [3.63, 3.8) is 0 Å². The van der Waals surface area contributed by atoms with Crippen LogP contribution in [0.5, 0.6) is 0 Å². The van der Waals surface area contributed by atoms with Crippen molar-refractivity contribution >= 4 is 23.5 Å². The molecule has 0 saturated heterocycles. The van der Waals surface area contributed by atoms with Crippen molar-refractivity contribution in [2.24, 2.45) is 5.92 Å². The summed E-state index contributed by atoms with van der Waals surface area (Å²) in [4.78, 5) is 3.78. The van der Waals surface area contributed by atoms with E-state index < -0.39 is 0 Å². The van der Waals surface area contributed by atoms with Gasteiger partial charge in [-0.1, -0.05) is 50.6 Å². The van der Waals surface area contributed by atoms with Crippen molar-refractivity contribution in [1.29, 1.82) is 0 Å². The highest BCUT2D eigenvalue weighted by molar-refractivity contribution is 8.03. The number of aromatic nitrogens is 1. The molecular weight excluding hydrogens is 487 g/mol. The van der Waals surface area contributed by atoms with Crippen molar-refractivity contribution in [3.05, 3.63) is 58.4 Å². The fourth-order valence-electron chi connectivity index (χ4n) is 4.13. The fraction of sp³-hybridized carbons (Fsp3) is 0.480. The van der Waals surface area contributed by atoms with E-state index in [1.54, 1.807) is 0 Å². The Hall–Kier alpha value is -1.01. The molecule has 1 aliphatic heterocycles. The van der Waals surface area contributed by atoms with Gasteiger partial charge in [0.1, 0.15) is 0 Å². The Morgan fingerprint density at radius 3 is 2.38 bits per heavy atom. The number of hydrogen-bond donors (Lipinski definition) is 0. The first-order valence-corrected chi connectivity index (χ1v) is 11.7. The van der Waals surface area contributed by atoms with Gasteiger partial charge in [0.05, 0.1) is 10.7 Å². The lowest BCUT2D eigenvalue weighted by molar-refractivity contribution is -0.714. The Morgan fingerprint density at radius 1 is 1.07 bits per heavy atom. The molecule has 0 fully saturated rings. The van der Waals surface area contributed by atoms with Crippen LogP contribution in [0, 0.1) is 19.8 Å². The number of pyridine rings is 1. The van der Waals surface area contributed by atoms with E-state index in [1.807, 2.05) is 11.8 Å². The number of halogens is 1. The van der Waals surface area contributed by atoms with Gasteiger partial charge in [0.2, 0.25) is 0 Å². The molecule has 29 heavy (non-hydrogen) atoms. The molecule has 158 valence electrons. The molecule has 2 heterocycles. The number of anilines is 1. The average Bonchev–Trinajstić information content (AvgIpc) is 3.03. The summed E-state index contributed by atoms with van der Waals surface area (Å²) in [5.74, 6) is 0.780. The second-order valence-electron chi connectivity index (χ2n) is 7.90. The van der Waals surface area contributed by atoms with Gasteiger partial charge in [-0.15, -0.1) is 0 Å². The van der Waals surface area contributed by atoms with Gasteiger partial charge in [-0.25, -0.2) is 0 Å². The minimum absolute atomic E-state index is 0. The normalized spacial score (nSPS) is 15.3. The Kier molecular flexibility index (Phi) is 9.54. The number of hydrogen-bond acceptors (Lipinski definition) is 2. The first-order valence-electron chi connectivity index (χ1n) is 10.8. The van der Waals surface area contributed by atoms with Gasteiger partial charge in [0.15, 0.2) is 17.9 Å². The standard InChI is InChI=1S/C25H35N2S.HI/c1-6-9-12-21(7-2)18-27-19(4)15-22(16-20(27)5)17-25-26(8-3)23-13-10-11-14-24(23)28-25;/h10-11,13-17,21H,6-9,12,18H2,1-5H3;1H/q+1;/p-1. The summed E-state index contributed by atoms with van der Waals surface area (Å²) in [7, 11) is 0. The smallest absolute Gasteiger partial charge is 0.179 e. The first kappa shape index (κ1) is 24.3. The Labute approximate surface area is 198 Å². The van der Waals surface area contributed by atoms with Crippen LogP contribution >= 0.6 is 11.8 Å². The molecule has 1 aromatic carbocycles. The van der Waals surface area contributed by atoms with Crippen LogP contribution in [-0.4, -0.2) is 6.54 Å². The number of benzene rings is 1. The lowest BCUT2D eigenvalue weighted by Crippen LogP contribution is -3.00. The predicted octanol–water partition coefficient (Wildman–Crippen LogP) is 3.74. The van der Waals surface area contributed by atoms with Gasteiger partial charge in [-0.2, -0.15) is 4.57 Å². The minimum Gasteiger partial charge on any atom is -1.00 e. The molecule has 0 amide bonds. The molecule has 1 unspecified atom stereocenters. The molecule has 0 N–H and O–H groups in total. The van der Waals surface area contributed by atoms with E-state index in [4.69, 9.17) is 0 Å². The summed E-state index contributed by atoms with van der Waals surface area (Å²) in [5, 5.41) is 1.33. The lowest BCUT2D eigenvalue weighted by Gasteiger charge is -2.18. The fourth-order valence-corrected chi connectivity index (χ4v) is 5.32. The number of nitrogens with zero attached hydrogens (tertiary/aromatic N) is 2. The SMILES string of the molecule is CCCCC(CC)C[n+]1c(C)cc(/C=C2\Sc3ccccc3N2CC)cc1C.[I-]. The number of thioether (sulfide) groups is 1. The van der Waals surface area contributed by atoms with Gasteiger partial charge in [-0.3, -0.25) is 0 Å². The largest absolute Gasteiger partial charge is 1.00 e. The van der Waals surface area contributed by atoms with Crippen molar-refractivity contribution in [2.45, 2.75) is 71.7 Å². The number of rotatable bonds is 8. The molecular formula is C25H35IN2S. The molecule has 0 radical (unpaired) electrons. The summed E-state index contributed by atoms with van der Waals surface area (Å²) < 4.78 is 2.51. The highest BCUT2D eigenvalue weighted by Crippen LogP contribution is 2.46. The molecule has 0 spiro atoms. The topological polar surface area (TPSA) is 7.12 Å². The van der Waals surface area contributed by atoms with Gasteiger partial charge < -0.3 is 28.9 Å². The van der Waals surface area contributed by atoms with Crippen LogP contribution in [0.25, 0.3) is 6.08 Å². The molecule has 1 atom stereocenters. The summed E-state index contributed by atoms with van der Waals surface area (Å²) in [6.07, 6.45) is 7.58.